The van der Waals surface area contributed by atoms with E-state index < -0.39 is 61.1 Å². The maximum atomic E-state index is 16.0. The zero-order valence-corrected chi connectivity index (χ0v) is 20.8. The van der Waals surface area contributed by atoms with Crippen LogP contribution in [0.1, 0.15) is 17.5 Å². The zero-order chi connectivity index (χ0) is 28.5. The van der Waals surface area contributed by atoms with Crippen LogP contribution in [0.25, 0.3) is 11.2 Å². The highest BCUT2D eigenvalue weighted by molar-refractivity contribution is 6.28. The van der Waals surface area contributed by atoms with Gasteiger partial charge >= 0.3 is 17.9 Å². The third-order valence-corrected chi connectivity index (χ3v) is 6.56. The molecule has 6 N–H and O–H groups in total. The molecule has 1 aliphatic heterocycles. The molecule has 1 saturated heterocycles. The highest BCUT2D eigenvalue weighted by atomic mass is 35.5. The molecule has 2 aromatic heterocycles. The van der Waals surface area contributed by atoms with Gasteiger partial charge in [0.15, 0.2) is 11.5 Å². The monoisotopic (exact) mass is 567 g/mol. The number of carboxylic acid groups (broad SMARTS) is 3. The second-order valence-corrected chi connectivity index (χ2v) is 9.25. The van der Waals surface area contributed by atoms with Crippen molar-refractivity contribution < 1.29 is 48.7 Å². The molecule has 0 radical (unpaired) electrons. The van der Waals surface area contributed by atoms with Crippen LogP contribution in [0.5, 0.6) is 0 Å². The molecule has 3 heterocycles. The molecule has 1 aromatic carbocycles. The molecule has 3 aromatic rings. The predicted molar refractivity (Wildman–Crippen MR) is 130 cm³/mol. The lowest BCUT2D eigenvalue weighted by molar-refractivity contribution is -0.188. The third-order valence-electron chi connectivity index (χ3n) is 6.39. The number of imidazole rings is 1. The molecule has 16 heteroatoms. The first kappa shape index (κ1) is 28.1. The van der Waals surface area contributed by atoms with Crippen LogP contribution in [0.15, 0.2) is 30.6 Å². The van der Waals surface area contributed by atoms with Gasteiger partial charge in [-0.2, -0.15) is 9.97 Å². The van der Waals surface area contributed by atoms with Gasteiger partial charge in [0.25, 0.3) is 5.60 Å². The summed E-state index contributed by atoms with van der Waals surface area (Å²) in [7, 11) is 0. The van der Waals surface area contributed by atoms with Crippen molar-refractivity contribution in [1.82, 2.24) is 19.5 Å². The topological polar surface area (TPSA) is 220 Å². The first-order valence-corrected chi connectivity index (χ1v) is 11.8. The number of anilines is 1. The van der Waals surface area contributed by atoms with E-state index in [1.54, 1.807) is 12.1 Å². The van der Waals surface area contributed by atoms with E-state index in [1.165, 1.54) is 12.1 Å². The number of nitrogen functional groups attached to an aromatic ring is 1. The Balaban J connectivity index is 1.53. The Kier molecular flexibility index (Phi) is 7.70. The van der Waals surface area contributed by atoms with Gasteiger partial charge in [-0.1, -0.05) is 24.3 Å². The number of aromatic nitrogens is 4. The number of nitrogens with two attached hydrogens (primary N) is 1. The highest BCUT2D eigenvalue weighted by Crippen LogP contribution is 2.37. The molecule has 14 nitrogen and oxygen atoms in total. The average molecular weight is 568 g/mol. The molecule has 3 atom stereocenters. The average Bonchev–Trinajstić information content (AvgIpc) is 3.43. The molecular weight excluding hydrogens is 545 g/mol. The van der Waals surface area contributed by atoms with E-state index in [4.69, 9.17) is 31.9 Å². The molecule has 0 aliphatic carbocycles. The first-order chi connectivity index (χ1) is 18.4. The Morgan fingerprint density at radius 2 is 1.82 bits per heavy atom. The number of aryl methyl sites for hydroxylation is 1. The van der Waals surface area contributed by atoms with Crippen molar-refractivity contribution in [3.05, 3.63) is 47.0 Å². The summed E-state index contributed by atoms with van der Waals surface area (Å²) in [6, 6.07) is 6.01. The standard InChI is InChI=1S/C23H23ClFN5O9/c24-21-28-17(26)15-18(29-21)30(10-27-15)23(25)9-38-13(16(23)33)8-39-22(19(34)35,20(36)37)7-12-3-1-11(2-4-12)5-6-14(31)32/h1-4,10,13,16,33H,5-9H2,(H,31,32)(H,34,35)(H,36,37)(H2,26,28,29)/t13-,16-,23-/m1/s1. The maximum Gasteiger partial charge on any atom is 0.348 e. The van der Waals surface area contributed by atoms with E-state index in [0.717, 1.165) is 10.9 Å². The molecule has 0 amide bonds. The van der Waals surface area contributed by atoms with Crippen LogP contribution < -0.4 is 5.73 Å². The number of carboxylic acids is 3. The number of benzene rings is 1. The van der Waals surface area contributed by atoms with Gasteiger partial charge < -0.3 is 35.6 Å². The molecule has 1 aliphatic rings. The smallest absolute Gasteiger partial charge is 0.348 e. The van der Waals surface area contributed by atoms with Gasteiger partial charge in [0.1, 0.15) is 24.3 Å². The summed E-state index contributed by atoms with van der Waals surface area (Å²) in [5.74, 6) is -7.42. The molecule has 1 fully saturated rings. The number of halogens is 2. The van der Waals surface area contributed by atoms with Crippen LogP contribution >= 0.6 is 11.6 Å². The number of hydrogen-bond donors (Lipinski definition) is 5. The molecule has 39 heavy (non-hydrogen) atoms. The summed E-state index contributed by atoms with van der Waals surface area (Å²) in [6.45, 7) is -1.53. The quantitative estimate of drug-likeness (QED) is 0.159. The lowest BCUT2D eigenvalue weighted by Gasteiger charge is -2.29. The van der Waals surface area contributed by atoms with Crippen LogP contribution in [-0.2, 0) is 42.5 Å². The van der Waals surface area contributed by atoms with Crippen LogP contribution in [0, 0.1) is 0 Å². The van der Waals surface area contributed by atoms with Gasteiger partial charge in [0.05, 0.1) is 12.9 Å². The van der Waals surface area contributed by atoms with Crippen molar-refractivity contribution in [2.75, 3.05) is 18.9 Å². The first-order valence-electron chi connectivity index (χ1n) is 11.4. The number of nitrogens with zero attached hydrogens (tertiary/aromatic N) is 4. The maximum absolute atomic E-state index is 16.0. The summed E-state index contributed by atoms with van der Waals surface area (Å²) >= 11 is 5.82. The van der Waals surface area contributed by atoms with Gasteiger partial charge in [-0.25, -0.2) is 19.0 Å². The second kappa shape index (κ2) is 10.7. The van der Waals surface area contributed by atoms with Crippen molar-refractivity contribution in [2.24, 2.45) is 0 Å². The third kappa shape index (κ3) is 5.34. The van der Waals surface area contributed by atoms with Crippen LogP contribution in [0.4, 0.5) is 10.2 Å². The van der Waals surface area contributed by atoms with Crippen molar-refractivity contribution in [2.45, 2.75) is 42.9 Å². The molecular formula is C23H23ClFN5O9. The Morgan fingerprint density at radius 1 is 1.18 bits per heavy atom. The van der Waals surface area contributed by atoms with E-state index >= 15 is 4.39 Å². The predicted octanol–water partition coefficient (Wildman–Crippen LogP) is 0.628. The van der Waals surface area contributed by atoms with Gasteiger partial charge in [-0.3, -0.25) is 9.36 Å². The number of aliphatic carboxylic acids is 3. The van der Waals surface area contributed by atoms with Gasteiger partial charge in [-0.05, 0) is 29.1 Å². The number of aliphatic hydroxyl groups excluding tert-OH is 1. The Morgan fingerprint density at radius 3 is 2.44 bits per heavy atom. The Bertz CT molecular complexity index is 1400. The van der Waals surface area contributed by atoms with Crippen molar-refractivity contribution in [1.29, 1.82) is 0 Å². The molecule has 0 spiro atoms. The van der Waals surface area contributed by atoms with Crippen molar-refractivity contribution in [3.63, 3.8) is 0 Å². The number of ether oxygens (including phenoxy) is 2. The van der Waals surface area contributed by atoms with Gasteiger partial charge in [0, 0.05) is 12.8 Å². The molecule has 4 rings (SSSR count). The lowest BCUT2D eigenvalue weighted by atomic mass is 9.93. The minimum atomic E-state index is -2.80. The minimum Gasteiger partial charge on any atom is -0.481 e. The Labute approximate surface area is 223 Å². The van der Waals surface area contributed by atoms with Crippen LogP contribution in [0.3, 0.4) is 0 Å². The highest BCUT2D eigenvalue weighted by Gasteiger charge is 2.55. The Hall–Kier alpha value is -3.92. The molecule has 208 valence electrons. The van der Waals surface area contributed by atoms with Gasteiger partial charge in [0.2, 0.25) is 11.1 Å². The summed E-state index contributed by atoms with van der Waals surface area (Å²) in [4.78, 5) is 46.6. The van der Waals surface area contributed by atoms with Crippen molar-refractivity contribution in [3.8, 4) is 0 Å². The fourth-order valence-corrected chi connectivity index (χ4v) is 4.38. The number of aliphatic hydroxyl groups is 1. The van der Waals surface area contributed by atoms with E-state index in [-0.39, 0.29) is 40.7 Å². The van der Waals surface area contributed by atoms with E-state index in [2.05, 4.69) is 15.0 Å². The summed E-state index contributed by atoms with van der Waals surface area (Å²) in [6.07, 6.45) is -2.92. The van der Waals surface area contributed by atoms with Crippen LogP contribution in [-0.4, -0.2) is 88.9 Å². The zero-order valence-electron chi connectivity index (χ0n) is 20.0. The second-order valence-electron chi connectivity index (χ2n) is 8.91. The van der Waals surface area contributed by atoms with Gasteiger partial charge in [-0.15, -0.1) is 0 Å². The van der Waals surface area contributed by atoms with E-state index in [1.807, 2.05) is 0 Å². The fourth-order valence-electron chi connectivity index (χ4n) is 4.21. The summed E-state index contributed by atoms with van der Waals surface area (Å²) < 4.78 is 27.6. The normalized spacial score (nSPS) is 21.3. The number of carbonyl (C=O) groups is 3. The minimum absolute atomic E-state index is 0.0214. The SMILES string of the molecule is Nc1nc(Cl)nc2c1ncn2[C@]1(F)CO[C@H](COC(Cc2ccc(CCC(=O)O)cc2)(C(=O)O)C(=O)O)[C@H]1O. The summed E-state index contributed by atoms with van der Waals surface area (Å²) in [5.41, 5.74) is 3.76. The molecule has 0 unspecified atom stereocenters. The largest absolute Gasteiger partial charge is 0.481 e. The lowest BCUT2D eigenvalue weighted by Crippen LogP contribution is -2.53. The molecule has 0 saturated carbocycles. The summed E-state index contributed by atoms with van der Waals surface area (Å²) in [5, 5.41) is 38.9. The van der Waals surface area contributed by atoms with Crippen LogP contribution in [0.2, 0.25) is 5.28 Å². The van der Waals surface area contributed by atoms with E-state index in [9.17, 15) is 29.7 Å². The number of fused-ring (bicyclic) bond motifs is 1. The van der Waals surface area contributed by atoms with E-state index in [0.29, 0.717) is 5.56 Å². The number of alkyl halides is 1. The van der Waals surface area contributed by atoms with Crippen molar-refractivity contribution >= 4 is 46.5 Å². The fraction of sp³-hybridized carbons (Fsp3) is 0.391. The number of rotatable bonds is 11. The number of hydrogen-bond acceptors (Lipinski definition) is 10. The molecule has 0 bridgehead atoms.